The minimum Gasteiger partial charge on any atom is -0.378 e. The summed E-state index contributed by atoms with van der Waals surface area (Å²) in [7, 11) is 0. The third-order valence-electron chi connectivity index (χ3n) is 6.79. The van der Waals surface area contributed by atoms with E-state index in [1.54, 1.807) is 0 Å². The molecule has 0 bridgehead atoms. The summed E-state index contributed by atoms with van der Waals surface area (Å²) in [6.07, 6.45) is 3.94. The Morgan fingerprint density at radius 3 is 2.31 bits per heavy atom. The Bertz CT molecular complexity index is 1340. The number of rotatable bonds is 5. The van der Waals surface area contributed by atoms with E-state index in [1.165, 1.54) is 5.69 Å². The van der Waals surface area contributed by atoms with Crippen molar-refractivity contribution in [3.8, 4) is 5.69 Å². The molecule has 36 heavy (non-hydrogen) atoms. The molecule has 6 nitrogen and oxygen atoms in total. The summed E-state index contributed by atoms with van der Waals surface area (Å²) in [5.74, 6) is 0. The number of nitrogens with one attached hydrogen (secondary N) is 1. The summed E-state index contributed by atoms with van der Waals surface area (Å²) in [4.78, 5) is 9.28. The fraction of sp³-hybridized carbons (Fsp3) is 0.214. The second-order valence-corrected chi connectivity index (χ2v) is 10.2. The molecule has 2 aromatic heterocycles. The maximum absolute atomic E-state index is 5.93. The van der Waals surface area contributed by atoms with Crippen LogP contribution in [0.3, 0.4) is 0 Å². The molecule has 2 saturated heterocycles. The first kappa shape index (κ1) is 23.2. The van der Waals surface area contributed by atoms with E-state index < -0.39 is 0 Å². The minimum absolute atomic E-state index is 0.0831. The van der Waals surface area contributed by atoms with Crippen LogP contribution < -0.4 is 15.1 Å². The molecular weight excluding hydrogens is 534 g/mol. The van der Waals surface area contributed by atoms with Crippen molar-refractivity contribution in [1.82, 2.24) is 14.9 Å². The number of morpholine rings is 1. The predicted octanol–water partition coefficient (Wildman–Crippen LogP) is 5.65. The molecule has 2 fully saturated rings. The summed E-state index contributed by atoms with van der Waals surface area (Å²) in [6, 6.07) is 27.2. The molecule has 2 aliphatic rings. The molecule has 0 spiro atoms. The van der Waals surface area contributed by atoms with E-state index in [-0.39, 0.29) is 12.1 Å². The summed E-state index contributed by atoms with van der Waals surface area (Å²) in [5, 5.41) is 4.26. The van der Waals surface area contributed by atoms with Gasteiger partial charge in [-0.1, -0.05) is 22.0 Å². The quantitative estimate of drug-likeness (QED) is 0.319. The van der Waals surface area contributed by atoms with Crippen molar-refractivity contribution in [3.05, 3.63) is 107 Å². The van der Waals surface area contributed by atoms with Crippen LogP contribution in [-0.4, -0.2) is 41.0 Å². The predicted molar refractivity (Wildman–Crippen MR) is 151 cm³/mol. The van der Waals surface area contributed by atoms with Crippen molar-refractivity contribution in [1.29, 1.82) is 0 Å². The van der Waals surface area contributed by atoms with Crippen LogP contribution in [-0.2, 0) is 4.74 Å². The number of halogens is 1. The zero-order valence-electron chi connectivity index (χ0n) is 19.6. The first-order valence-electron chi connectivity index (χ1n) is 12.1. The molecule has 0 aliphatic carbocycles. The lowest BCUT2D eigenvalue weighted by Gasteiger charge is -2.31. The zero-order valence-corrected chi connectivity index (χ0v) is 22.0. The van der Waals surface area contributed by atoms with Gasteiger partial charge < -0.3 is 24.4 Å². The number of pyridine rings is 1. The molecule has 0 saturated carbocycles. The van der Waals surface area contributed by atoms with Crippen molar-refractivity contribution in [2.75, 3.05) is 36.1 Å². The van der Waals surface area contributed by atoms with Gasteiger partial charge in [0.2, 0.25) is 0 Å². The van der Waals surface area contributed by atoms with Crippen molar-refractivity contribution >= 4 is 44.6 Å². The van der Waals surface area contributed by atoms with Crippen LogP contribution in [0, 0.1) is 0 Å². The second-order valence-electron chi connectivity index (χ2n) is 8.89. The number of benzene rings is 2. The molecule has 182 valence electrons. The number of hydrogen-bond acceptors (Lipinski definition) is 4. The van der Waals surface area contributed by atoms with E-state index in [1.807, 2.05) is 18.3 Å². The average Bonchev–Trinajstić information content (AvgIpc) is 3.54. The van der Waals surface area contributed by atoms with Gasteiger partial charge in [-0.05, 0) is 85.0 Å². The number of thiocarbonyl (C=S) groups is 1. The molecule has 0 radical (unpaired) electrons. The average molecular weight is 561 g/mol. The lowest BCUT2D eigenvalue weighted by atomic mass is 10.0. The highest BCUT2D eigenvalue weighted by molar-refractivity contribution is 9.10. The highest BCUT2D eigenvalue weighted by Gasteiger charge is 2.42. The smallest absolute Gasteiger partial charge is 0.174 e. The summed E-state index contributed by atoms with van der Waals surface area (Å²) in [6.45, 7) is 3.35. The van der Waals surface area contributed by atoms with Gasteiger partial charge in [0, 0.05) is 52.7 Å². The molecule has 8 heteroatoms. The van der Waals surface area contributed by atoms with Crippen molar-refractivity contribution in [2.45, 2.75) is 12.1 Å². The van der Waals surface area contributed by atoms with Crippen LogP contribution in [0.1, 0.15) is 23.5 Å². The van der Waals surface area contributed by atoms with Gasteiger partial charge in [0.05, 0.1) is 24.9 Å². The molecule has 0 amide bonds. The van der Waals surface area contributed by atoms with E-state index in [9.17, 15) is 0 Å². The Hall–Kier alpha value is -3.20. The van der Waals surface area contributed by atoms with Gasteiger partial charge in [-0.25, -0.2) is 0 Å². The third kappa shape index (κ3) is 4.40. The largest absolute Gasteiger partial charge is 0.378 e. The maximum Gasteiger partial charge on any atom is 0.174 e. The van der Waals surface area contributed by atoms with Crippen LogP contribution in [0.4, 0.5) is 11.4 Å². The molecule has 0 unspecified atom stereocenters. The number of aromatic nitrogens is 2. The zero-order chi connectivity index (χ0) is 24.5. The first-order chi connectivity index (χ1) is 17.7. The third-order valence-corrected chi connectivity index (χ3v) is 7.63. The number of ether oxygens (including phenoxy) is 1. The number of nitrogens with zero attached hydrogens (tertiary/aromatic N) is 4. The lowest BCUT2D eigenvalue weighted by molar-refractivity contribution is 0.122. The van der Waals surface area contributed by atoms with Crippen LogP contribution in [0.15, 0.2) is 95.7 Å². The normalized spacial score (nSPS) is 20.0. The second kappa shape index (κ2) is 10.0. The van der Waals surface area contributed by atoms with E-state index in [0.717, 1.165) is 53.5 Å². The van der Waals surface area contributed by atoms with E-state index in [4.69, 9.17) is 17.0 Å². The first-order valence-corrected chi connectivity index (χ1v) is 13.3. The summed E-state index contributed by atoms with van der Waals surface area (Å²) < 4.78 is 8.80. The van der Waals surface area contributed by atoms with Crippen molar-refractivity contribution in [2.24, 2.45) is 0 Å². The van der Waals surface area contributed by atoms with Crippen LogP contribution in [0.2, 0.25) is 0 Å². The Labute approximate surface area is 224 Å². The SMILES string of the molecule is S=C1N[C@@H](c2ccccn2)[C@@H](c2cccn2-c2ccc(Br)cc2)N1c1ccc(N2CCOCC2)cc1. The fourth-order valence-electron chi connectivity index (χ4n) is 5.05. The molecule has 4 aromatic rings. The standard InChI is InChI=1S/C28H26BrN5OS/c29-20-6-8-22(9-7-20)33-15-3-5-25(33)27-26(24-4-1-2-14-30-24)31-28(36)34(27)23-12-10-21(11-13-23)32-16-18-35-19-17-32/h1-15,26-27H,16-19H2,(H,31,36)/t26-,27+/m0/s1. The van der Waals surface area contributed by atoms with Gasteiger partial charge in [0.1, 0.15) is 6.04 Å². The van der Waals surface area contributed by atoms with E-state index in [2.05, 4.69) is 114 Å². The van der Waals surface area contributed by atoms with Crippen LogP contribution in [0.25, 0.3) is 5.69 Å². The summed E-state index contributed by atoms with van der Waals surface area (Å²) in [5.41, 5.74) is 5.45. The Morgan fingerprint density at radius 1 is 0.861 bits per heavy atom. The lowest BCUT2D eigenvalue weighted by Crippen LogP contribution is -2.36. The Balaban J connectivity index is 1.41. The molecule has 6 rings (SSSR count). The van der Waals surface area contributed by atoms with Gasteiger partial charge in [-0.15, -0.1) is 0 Å². The van der Waals surface area contributed by atoms with Crippen LogP contribution >= 0.6 is 28.1 Å². The molecular formula is C28H26BrN5OS. The minimum atomic E-state index is -0.0956. The Morgan fingerprint density at radius 2 is 1.58 bits per heavy atom. The topological polar surface area (TPSA) is 45.6 Å². The molecule has 1 N–H and O–H groups in total. The van der Waals surface area contributed by atoms with Crippen molar-refractivity contribution < 1.29 is 4.74 Å². The highest BCUT2D eigenvalue weighted by Crippen LogP contribution is 2.42. The van der Waals surface area contributed by atoms with Gasteiger partial charge in [-0.2, -0.15) is 0 Å². The number of hydrogen-bond donors (Lipinski definition) is 1. The monoisotopic (exact) mass is 559 g/mol. The maximum atomic E-state index is 5.93. The van der Waals surface area contributed by atoms with Gasteiger partial charge in [-0.3, -0.25) is 4.98 Å². The van der Waals surface area contributed by atoms with Crippen LogP contribution in [0.5, 0.6) is 0 Å². The molecule has 4 heterocycles. The summed E-state index contributed by atoms with van der Waals surface area (Å²) >= 11 is 9.48. The highest BCUT2D eigenvalue weighted by atomic mass is 79.9. The van der Waals surface area contributed by atoms with E-state index in [0.29, 0.717) is 5.11 Å². The molecule has 2 aromatic carbocycles. The van der Waals surface area contributed by atoms with Crippen molar-refractivity contribution in [3.63, 3.8) is 0 Å². The van der Waals surface area contributed by atoms with E-state index >= 15 is 0 Å². The van der Waals surface area contributed by atoms with Gasteiger partial charge in [0.15, 0.2) is 5.11 Å². The fourth-order valence-corrected chi connectivity index (χ4v) is 5.66. The molecule has 2 atom stereocenters. The number of anilines is 2. The van der Waals surface area contributed by atoms with Gasteiger partial charge >= 0.3 is 0 Å². The molecule has 2 aliphatic heterocycles. The Kier molecular flexibility index (Phi) is 6.48. The van der Waals surface area contributed by atoms with Gasteiger partial charge in [0.25, 0.3) is 0 Å².